The summed E-state index contributed by atoms with van der Waals surface area (Å²) in [7, 11) is 1.42. The fraction of sp³-hybridized carbons (Fsp3) is 0.632. The van der Waals surface area contributed by atoms with Gasteiger partial charge in [-0.2, -0.15) is 0 Å². The molecule has 1 saturated carbocycles. The average Bonchev–Trinajstić information content (AvgIpc) is 2.61. The van der Waals surface area contributed by atoms with Gasteiger partial charge in [-0.15, -0.1) is 0 Å². The van der Waals surface area contributed by atoms with Gasteiger partial charge in [0, 0.05) is 26.5 Å². The largest absolute Gasteiger partial charge is 0.390 e. The van der Waals surface area contributed by atoms with Crippen LogP contribution in [0, 0.1) is 11.7 Å². The summed E-state index contributed by atoms with van der Waals surface area (Å²) in [6, 6.07) is 5.80. The minimum atomic E-state index is -1.33. The number of carbonyl (C=O) groups excluding carboxylic acids is 1. The van der Waals surface area contributed by atoms with Crippen molar-refractivity contribution in [2.45, 2.75) is 57.2 Å². The Kier molecular flexibility index (Phi) is 7.11. The Morgan fingerprint density at radius 2 is 1.96 bits per heavy atom. The molecule has 0 bridgehead atoms. The van der Waals surface area contributed by atoms with Crippen LogP contribution >= 0.6 is 0 Å². The van der Waals surface area contributed by atoms with E-state index in [9.17, 15) is 19.4 Å². The second-order valence-corrected chi connectivity index (χ2v) is 7.25. The number of hydrogen-bond donors (Lipinski definition) is 3. The van der Waals surface area contributed by atoms with Crippen molar-refractivity contribution < 1.29 is 28.9 Å². The zero-order valence-electron chi connectivity index (χ0n) is 15.4. The van der Waals surface area contributed by atoms with Crippen LogP contribution in [0.1, 0.15) is 32.3 Å². The monoisotopic (exact) mass is 369 g/mol. The second-order valence-electron chi connectivity index (χ2n) is 7.25. The third-order valence-corrected chi connectivity index (χ3v) is 4.66. The molecular formula is C19H28FNO5. The van der Waals surface area contributed by atoms with Gasteiger partial charge >= 0.3 is 0 Å². The number of aliphatic hydroxyl groups is 2. The molecule has 7 heteroatoms. The lowest BCUT2D eigenvalue weighted by Gasteiger charge is -2.43. The Balaban J connectivity index is 2.20. The summed E-state index contributed by atoms with van der Waals surface area (Å²) in [5, 5.41) is 23.2. The van der Waals surface area contributed by atoms with Gasteiger partial charge in [0.25, 0.3) is 5.91 Å². The molecule has 1 amide bonds. The van der Waals surface area contributed by atoms with Crippen molar-refractivity contribution in [1.29, 1.82) is 0 Å². The van der Waals surface area contributed by atoms with E-state index in [1.807, 2.05) is 13.8 Å². The number of methoxy groups -OCH3 is 1. The molecule has 0 aliphatic heterocycles. The fourth-order valence-electron chi connectivity index (χ4n) is 3.09. The van der Waals surface area contributed by atoms with E-state index in [0.29, 0.717) is 12.1 Å². The van der Waals surface area contributed by atoms with E-state index in [4.69, 9.17) is 9.47 Å². The maximum absolute atomic E-state index is 13.1. The van der Waals surface area contributed by atoms with Crippen molar-refractivity contribution in [3.8, 4) is 0 Å². The minimum Gasteiger partial charge on any atom is -0.390 e. The standard InChI is InChI=1S/C19H28FNO5/c1-12(2)10-21-18(24)19(8-15(22)17(23)16(9-19)25-3)26-11-13-4-6-14(20)7-5-13/h4-7,12,15-17,22-23H,8-11H2,1-3H3,(H,21,24)/t15-,16+,17-,19+/m1/s1. The van der Waals surface area contributed by atoms with E-state index < -0.39 is 23.9 Å². The summed E-state index contributed by atoms with van der Waals surface area (Å²) in [6.07, 6.45) is -2.88. The highest BCUT2D eigenvalue weighted by Gasteiger charge is 2.51. The van der Waals surface area contributed by atoms with Crippen LogP contribution in [0.25, 0.3) is 0 Å². The highest BCUT2D eigenvalue weighted by molar-refractivity contribution is 5.85. The first kappa shape index (κ1) is 20.8. The summed E-state index contributed by atoms with van der Waals surface area (Å²) in [6.45, 7) is 4.50. The lowest BCUT2D eigenvalue weighted by atomic mass is 9.78. The van der Waals surface area contributed by atoms with Crippen LogP contribution in [0.4, 0.5) is 4.39 Å². The molecule has 26 heavy (non-hydrogen) atoms. The summed E-state index contributed by atoms with van der Waals surface area (Å²) >= 11 is 0. The van der Waals surface area contributed by atoms with Crippen LogP contribution < -0.4 is 5.32 Å². The molecule has 0 spiro atoms. The van der Waals surface area contributed by atoms with Gasteiger partial charge in [0.05, 0.1) is 18.8 Å². The first-order valence-electron chi connectivity index (χ1n) is 8.83. The first-order valence-corrected chi connectivity index (χ1v) is 8.83. The van der Waals surface area contributed by atoms with Crippen molar-refractivity contribution in [1.82, 2.24) is 5.32 Å². The molecule has 0 unspecified atom stereocenters. The number of amides is 1. The van der Waals surface area contributed by atoms with E-state index in [2.05, 4.69) is 5.32 Å². The molecule has 1 aliphatic rings. The molecular weight excluding hydrogens is 341 g/mol. The van der Waals surface area contributed by atoms with Gasteiger partial charge in [0.2, 0.25) is 0 Å². The lowest BCUT2D eigenvalue weighted by Crippen LogP contribution is -2.60. The Morgan fingerprint density at radius 3 is 2.54 bits per heavy atom. The summed E-state index contributed by atoms with van der Waals surface area (Å²) in [5.74, 6) is -0.444. The van der Waals surface area contributed by atoms with Gasteiger partial charge < -0.3 is 25.0 Å². The number of carbonyl (C=O) groups is 1. The van der Waals surface area contributed by atoms with Gasteiger partial charge in [0.1, 0.15) is 11.9 Å². The quantitative estimate of drug-likeness (QED) is 0.676. The SMILES string of the molecule is CO[C@H]1C[C@](OCc2ccc(F)cc2)(C(=O)NCC(C)C)C[C@@H](O)[C@H]1O. The molecule has 1 aliphatic carbocycles. The van der Waals surface area contributed by atoms with E-state index in [1.54, 1.807) is 12.1 Å². The smallest absolute Gasteiger partial charge is 0.252 e. The molecule has 1 fully saturated rings. The molecule has 146 valence electrons. The van der Waals surface area contributed by atoms with Gasteiger partial charge in [-0.3, -0.25) is 4.79 Å². The average molecular weight is 369 g/mol. The maximum atomic E-state index is 13.1. The molecule has 1 aromatic rings. The van der Waals surface area contributed by atoms with Gasteiger partial charge in [-0.1, -0.05) is 26.0 Å². The third-order valence-electron chi connectivity index (χ3n) is 4.66. The molecule has 1 aromatic carbocycles. The van der Waals surface area contributed by atoms with E-state index in [1.165, 1.54) is 19.2 Å². The first-order chi connectivity index (χ1) is 12.3. The molecule has 0 aromatic heterocycles. The summed E-state index contributed by atoms with van der Waals surface area (Å²) < 4.78 is 24.3. The third kappa shape index (κ3) is 5.01. The number of ether oxygens (including phenoxy) is 2. The molecule has 0 radical (unpaired) electrons. The van der Waals surface area contributed by atoms with Crippen molar-refractivity contribution in [3.63, 3.8) is 0 Å². The van der Waals surface area contributed by atoms with Crippen LogP contribution in [0.2, 0.25) is 0 Å². The van der Waals surface area contributed by atoms with Crippen molar-refractivity contribution in [3.05, 3.63) is 35.6 Å². The number of nitrogens with one attached hydrogen (secondary N) is 1. The molecule has 2 rings (SSSR count). The van der Waals surface area contributed by atoms with E-state index in [-0.39, 0.29) is 37.1 Å². The van der Waals surface area contributed by atoms with Crippen molar-refractivity contribution in [2.75, 3.05) is 13.7 Å². The molecule has 6 nitrogen and oxygen atoms in total. The molecule has 0 saturated heterocycles. The zero-order valence-corrected chi connectivity index (χ0v) is 15.4. The number of aliphatic hydroxyl groups excluding tert-OH is 2. The molecule has 3 N–H and O–H groups in total. The van der Waals surface area contributed by atoms with E-state index >= 15 is 0 Å². The predicted molar refractivity (Wildman–Crippen MR) is 93.8 cm³/mol. The lowest BCUT2D eigenvalue weighted by molar-refractivity contribution is -0.194. The topological polar surface area (TPSA) is 88.0 Å². The van der Waals surface area contributed by atoms with Gasteiger partial charge in [0.15, 0.2) is 5.60 Å². The van der Waals surface area contributed by atoms with Gasteiger partial charge in [-0.25, -0.2) is 4.39 Å². The van der Waals surface area contributed by atoms with Gasteiger partial charge in [-0.05, 0) is 23.6 Å². The maximum Gasteiger partial charge on any atom is 0.252 e. The van der Waals surface area contributed by atoms with Crippen LogP contribution in [-0.2, 0) is 20.9 Å². The highest BCUT2D eigenvalue weighted by atomic mass is 19.1. The van der Waals surface area contributed by atoms with Crippen LogP contribution in [0.3, 0.4) is 0 Å². The fourth-order valence-corrected chi connectivity index (χ4v) is 3.09. The summed E-state index contributed by atoms with van der Waals surface area (Å²) in [5.41, 5.74) is -0.625. The Bertz CT molecular complexity index is 594. The van der Waals surface area contributed by atoms with Crippen LogP contribution in [0.5, 0.6) is 0 Å². The highest BCUT2D eigenvalue weighted by Crippen LogP contribution is 2.35. The summed E-state index contributed by atoms with van der Waals surface area (Å²) in [4.78, 5) is 12.9. The number of benzene rings is 1. The van der Waals surface area contributed by atoms with E-state index in [0.717, 1.165) is 0 Å². The van der Waals surface area contributed by atoms with Crippen molar-refractivity contribution in [2.24, 2.45) is 5.92 Å². The molecule has 4 atom stereocenters. The zero-order chi connectivity index (χ0) is 19.3. The number of rotatable bonds is 7. The molecule has 0 heterocycles. The Labute approximate surface area is 153 Å². The normalized spacial score (nSPS) is 29.0. The Hall–Kier alpha value is -1.54. The Morgan fingerprint density at radius 1 is 1.31 bits per heavy atom. The number of halogens is 1. The van der Waals surface area contributed by atoms with Crippen molar-refractivity contribution >= 4 is 5.91 Å². The predicted octanol–water partition coefficient (Wildman–Crippen LogP) is 1.38. The van der Waals surface area contributed by atoms with Crippen LogP contribution in [0.15, 0.2) is 24.3 Å². The second kappa shape index (κ2) is 8.90. The minimum absolute atomic E-state index is 0.0425. The number of hydrogen-bond acceptors (Lipinski definition) is 5. The van der Waals surface area contributed by atoms with Crippen LogP contribution in [-0.4, -0.2) is 53.7 Å².